The summed E-state index contributed by atoms with van der Waals surface area (Å²) < 4.78 is 31.8. The maximum Gasteiger partial charge on any atom is 0.337 e. The molecule has 3 aliphatic rings. The summed E-state index contributed by atoms with van der Waals surface area (Å²) >= 11 is 0. The number of carbonyl (C=O) groups is 2. The number of ether oxygens (including phenoxy) is 3. The molecule has 0 saturated heterocycles. The van der Waals surface area contributed by atoms with E-state index in [1.165, 1.54) is 6.07 Å². The first-order valence-corrected chi connectivity index (χ1v) is 12.8. The average Bonchev–Trinajstić information content (AvgIpc) is 3.40. The Balaban J connectivity index is 1.54. The van der Waals surface area contributed by atoms with Gasteiger partial charge in [0.05, 0.1) is 25.7 Å². The zero-order valence-electron chi connectivity index (χ0n) is 21.4. The van der Waals surface area contributed by atoms with Crippen LogP contribution in [0.4, 0.5) is 4.39 Å². The third kappa shape index (κ3) is 4.75. The standard InChI is InChI=1S/C30H32FNO5/c1-17-27(30(34)37-20-8-4-5-9-20)28(21-10-6-7-11-22(21)31)29-23(32-17)14-19(15-24(29)33)18-12-13-25(35-2)26(16-18)36-3/h6-7,10-13,16,19-20,28,32H,4-5,8-9,14-15H2,1-3H3/t19-,28-/m0/s1. The maximum atomic E-state index is 15.2. The van der Waals surface area contributed by atoms with Crippen molar-refractivity contribution in [2.75, 3.05) is 14.2 Å². The van der Waals surface area contributed by atoms with Crippen molar-refractivity contribution in [2.24, 2.45) is 0 Å². The first-order chi connectivity index (χ1) is 17.9. The highest BCUT2D eigenvalue weighted by atomic mass is 19.1. The molecule has 0 aromatic heterocycles. The quantitative estimate of drug-likeness (QED) is 0.509. The Kier molecular flexibility index (Phi) is 7.04. The van der Waals surface area contributed by atoms with Crippen LogP contribution in [0.15, 0.2) is 65.0 Å². The number of hydrogen-bond acceptors (Lipinski definition) is 6. The summed E-state index contributed by atoms with van der Waals surface area (Å²) in [6.45, 7) is 1.80. The zero-order valence-corrected chi connectivity index (χ0v) is 21.4. The highest BCUT2D eigenvalue weighted by Crippen LogP contribution is 2.47. The summed E-state index contributed by atoms with van der Waals surface area (Å²) in [5.41, 5.74) is 3.34. The number of dihydropyridines is 1. The second kappa shape index (κ2) is 10.4. The number of ketones is 1. The van der Waals surface area contributed by atoms with E-state index in [2.05, 4.69) is 5.32 Å². The van der Waals surface area contributed by atoms with Gasteiger partial charge < -0.3 is 19.5 Å². The van der Waals surface area contributed by atoms with Crippen molar-refractivity contribution in [1.29, 1.82) is 0 Å². The van der Waals surface area contributed by atoms with Crippen molar-refractivity contribution >= 4 is 11.8 Å². The predicted octanol–water partition coefficient (Wildman–Crippen LogP) is 5.69. The first kappa shape index (κ1) is 25.1. The van der Waals surface area contributed by atoms with Crippen LogP contribution in [0.1, 0.15) is 68.4 Å². The first-order valence-electron chi connectivity index (χ1n) is 12.8. The molecule has 6 nitrogen and oxygen atoms in total. The number of esters is 1. The summed E-state index contributed by atoms with van der Waals surface area (Å²) in [4.78, 5) is 27.2. The third-order valence-electron chi connectivity index (χ3n) is 7.72. The van der Waals surface area contributed by atoms with Crippen LogP contribution in [0.3, 0.4) is 0 Å². The SMILES string of the molecule is COc1ccc([C@@H]2CC(=O)C3=C(C2)NC(C)=C(C(=O)OC2CCCC2)[C@@H]3c2ccccc2F)cc1OC. The zero-order chi connectivity index (χ0) is 26.1. The Hall–Kier alpha value is -3.61. The largest absolute Gasteiger partial charge is 0.493 e. The minimum Gasteiger partial charge on any atom is -0.493 e. The number of halogens is 1. The van der Waals surface area contributed by atoms with E-state index in [9.17, 15) is 9.59 Å². The van der Waals surface area contributed by atoms with E-state index in [0.29, 0.717) is 40.3 Å². The van der Waals surface area contributed by atoms with Crippen LogP contribution >= 0.6 is 0 Å². The summed E-state index contributed by atoms with van der Waals surface area (Å²) in [5, 5.41) is 3.33. The van der Waals surface area contributed by atoms with Gasteiger partial charge in [0.1, 0.15) is 11.9 Å². The lowest BCUT2D eigenvalue weighted by molar-refractivity contribution is -0.144. The molecule has 0 radical (unpaired) electrons. The Morgan fingerprint density at radius 3 is 2.43 bits per heavy atom. The van der Waals surface area contributed by atoms with Crippen molar-refractivity contribution in [3.63, 3.8) is 0 Å². The number of carbonyl (C=O) groups excluding carboxylic acids is 2. The lowest BCUT2D eigenvalue weighted by atomic mass is 9.71. The maximum absolute atomic E-state index is 15.2. The van der Waals surface area contributed by atoms with Gasteiger partial charge in [-0.3, -0.25) is 4.79 Å². The molecule has 0 unspecified atom stereocenters. The van der Waals surface area contributed by atoms with E-state index < -0.39 is 17.7 Å². The molecular formula is C30H32FNO5. The summed E-state index contributed by atoms with van der Waals surface area (Å²) in [7, 11) is 3.16. The lowest BCUT2D eigenvalue weighted by Gasteiger charge is -2.37. The van der Waals surface area contributed by atoms with Gasteiger partial charge in [0, 0.05) is 29.0 Å². The van der Waals surface area contributed by atoms with Gasteiger partial charge in [-0.05, 0) is 68.7 Å². The van der Waals surface area contributed by atoms with Crippen molar-refractivity contribution in [3.05, 3.63) is 81.9 Å². The van der Waals surface area contributed by atoms with Crippen molar-refractivity contribution < 1.29 is 28.2 Å². The van der Waals surface area contributed by atoms with E-state index in [4.69, 9.17) is 14.2 Å². The number of Topliss-reactive ketones (excluding diaryl/α,β-unsaturated/α-hetero) is 1. The van der Waals surface area contributed by atoms with Gasteiger partial charge in [0.25, 0.3) is 0 Å². The van der Waals surface area contributed by atoms with E-state index in [1.54, 1.807) is 39.3 Å². The van der Waals surface area contributed by atoms with Gasteiger partial charge in [-0.2, -0.15) is 0 Å². The Morgan fingerprint density at radius 2 is 1.73 bits per heavy atom. The fourth-order valence-corrected chi connectivity index (χ4v) is 5.89. The van der Waals surface area contributed by atoms with Crippen LogP contribution in [0.5, 0.6) is 11.5 Å². The van der Waals surface area contributed by atoms with Crippen molar-refractivity contribution in [2.45, 2.75) is 63.4 Å². The molecule has 0 amide bonds. The van der Waals surface area contributed by atoms with Crippen molar-refractivity contribution in [3.8, 4) is 11.5 Å². The molecule has 1 N–H and O–H groups in total. The van der Waals surface area contributed by atoms with E-state index in [0.717, 1.165) is 36.9 Å². The second-order valence-electron chi connectivity index (χ2n) is 9.96. The monoisotopic (exact) mass is 505 g/mol. The molecule has 5 rings (SSSR count). The Morgan fingerprint density at radius 1 is 1.00 bits per heavy atom. The van der Waals surface area contributed by atoms with Gasteiger partial charge in [-0.1, -0.05) is 24.3 Å². The van der Waals surface area contributed by atoms with Crippen molar-refractivity contribution in [1.82, 2.24) is 5.32 Å². The summed E-state index contributed by atoms with van der Waals surface area (Å²) in [5.74, 6) is -0.735. The molecule has 0 bridgehead atoms. The molecule has 37 heavy (non-hydrogen) atoms. The van der Waals surface area contributed by atoms with Crippen LogP contribution in [0.2, 0.25) is 0 Å². The molecule has 2 aliphatic carbocycles. The minimum atomic E-state index is -0.815. The molecule has 2 aromatic rings. The van der Waals surface area contributed by atoms with E-state index in [-0.39, 0.29) is 24.2 Å². The molecule has 194 valence electrons. The van der Waals surface area contributed by atoms with Crippen LogP contribution in [0, 0.1) is 5.82 Å². The number of allylic oxidation sites excluding steroid dienone is 3. The number of rotatable bonds is 6. The van der Waals surface area contributed by atoms with Gasteiger partial charge in [0.2, 0.25) is 0 Å². The van der Waals surface area contributed by atoms with Gasteiger partial charge in [-0.15, -0.1) is 0 Å². The highest BCUT2D eigenvalue weighted by Gasteiger charge is 2.43. The molecule has 1 saturated carbocycles. The topological polar surface area (TPSA) is 73.9 Å². The van der Waals surface area contributed by atoms with Crippen LogP contribution < -0.4 is 14.8 Å². The summed E-state index contributed by atoms with van der Waals surface area (Å²) in [6, 6.07) is 12.0. The molecule has 7 heteroatoms. The van der Waals surface area contributed by atoms with E-state index >= 15 is 4.39 Å². The number of nitrogens with one attached hydrogen (secondary N) is 1. The number of methoxy groups -OCH3 is 2. The van der Waals surface area contributed by atoms with Gasteiger partial charge in [0.15, 0.2) is 17.3 Å². The molecule has 1 fully saturated rings. The fraction of sp³-hybridized carbons (Fsp3) is 0.400. The lowest BCUT2D eigenvalue weighted by Crippen LogP contribution is -2.37. The number of benzene rings is 2. The Labute approximate surface area is 216 Å². The molecule has 2 aromatic carbocycles. The van der Waals surface area contributed by atoms with Crippen LogP contribution in [-0.4, -0.2) is 32.1 Å². The normalized spacial score (nSPS) is 22.0. The summed E-state index contributed by atoms with van der Waals surface area (Å²) in [6.07, 6.45) is 4.35. The number of hydrogen-bond donors (Lipinski definition) is 1. The average molecular weight is 506 g/mol. The predicted molar refractivity (Wildman–Crippen MR) is 137 cm³/mol. The fourth-order valence-electron chi connectivity index (χ4n) is 5.89. The van der Waals surface area contributed by atoms with E-state index in [1.807, 2.05) is 18.2 Å². The molecule has 0 spiro atoms. The highest BCUT2D eigenvalue weighted by molar-refractivity contribution is 6.04. The smallest absolute Gasteiger partial charge is 0.337 e. The Bertz CT molecular complexity index is 1290. The molecule has 1 aliphatic heterocycles. The molecule has 1 heterocycles. The third-order valence-corrected chi connectivity index (χ3v) is 7.72. The minimum absolute atomic E-state index is 0.0976. The van der Waals surface area contributed by atoms with Crippen LogP contribution in [0.25, 0.3) is 0 Å². The molecular weight excluding hydrogens is 473 g/mol. The van der Waals surface area contributed by atoms with Gasteiger partial charge in [-0.25, -0.2) is 9.18 Å². The second-order valence-corrected chi connectivity index (χ2v) is 9.96. The van der Waals surface area contributed by atoms with Crippen LogP contribution in [-0.2, 0) is 14.3 Å². The van der Waals surface area contributed by atoms with Gasteiger partial charge >= 0.3 is 5.97 Å². The molecule has 2 atom stereocenters.